The smallest absolute Gasteiger partial charge is 0.303 e. The third-order valence-electron chi connectivity index (χ3n) is 6.04. The molecule has 0 spiro atoms. The van der Waals surface area contributed by atoms with Crippen LogP contribution in [0.1, 0.15) is 142 Å². The summed E-state index contributed by atoms with van der Waals surface area (Å²) in [6.07, 6.45) is 25.6. The maximum Gasteiger partial charge on any atom is 0.303 e. The van der Waals surface area contributed by atoms with Gasteiger partial charge in [0.2, 0.25) is 0 Å². The first-order chi connectivity index (χ1) is 16.1. The molecule has 0 heterocycles. The number of nitrogens with one attached hydrogen (secondary N) is 1. The molecule has 0 amide bonds. The average Bonchev–Trinajstić information content (AvgIpc) is 2.81. The Balaban J connectivity index is 0. The molecular formula is C28H59NO4. The van der Waals surface area contributed by atoms with Crippen molar-refractivity contribution in [2.75, 3.05) is 27.3 Å². The number of aliphatic carboxylic acids is 1. The van der Waals surface area contributed by atoms with Gasteiger partial charge in [-0.05, 0) is 19.4 Å². The fourth-order valence-electron chi connectivity index (χ4n) is 3.81. The third-order valence-corrected chi connectivity index (χ3v) is 6.04. The minimum absolute atomic E-state index is 0.110. The molecule has 0 saturated heterocycles. The van der Waals surface area contributed by atoms with Crippen molar-refractivity contribution >= 4 is 5.97 Å². The quantitative estimate of drug-likeness (QED) is 0.103. The average molecular weight is 474 g/mol. The van der Waals surface area contributed by atoms with Crippen LogP contribution in [0.2, 0.25) is 0 Å². The summed E-state index contributed by atoms with van der Waals surface area (Å²) in [7, 11) is 3.37. The van der Waals surface area contributed by atoms with Crippen LogP contribution in [0.5, 0.6) is 0 Å². The number of hydrogen-bond acceptors (Lipinski definition) is 4. The van der Waals surface area contributed by atoms with Crippen molar-refractivity contribution in [2.45, 2.75) is 149 Å². The van der Waals surface area contributed by atoms with Crippen molar-refractivity contribution in [1.29, 1.82) is 0 Å². The van der Waals surface area contributed by atoms with Gasteiger partial charge < -0.3 is 19.9 Å². The molecule has 0 bridgehead atoms. The van der Waals surface area contributed by atoms with E-state index in [9.17, 15) is 4.79 Å². The topological polar surface area (TPSA) is 67.8 Å². The summed E-state index contributed by atoms with van der Waals surface area (Å²) in [5.74, 6) is -0.670. The predicted molar refractivity (Wildman–Crippen MR) is 142 cm³/mol. The Hall–Kier alpha value is -0.650. The highest BCUT2D eigenvalue weighted by Gasteiger charge is 2.02. The number of carbonyl (C=O) groups is 1. The fourth-order valence-corrected chi connectivity index (χ4v) is 3.81. The van der Waals surface area contributed by atoms with Crippen molar-refractivity contribution < 1.29 is 19.4 Å². The van der Waals surface area contributed by atoms with Gasteiger partial charge in [-0.25, -0.2) is 0 Å². The molecule has 0 aliphatic rings. The summed E-state index contributed by atoms with van der Waals surface area (Å²) in [6.45, 7) is 6.29. The van der Waals surface area contributed by atoms with Crippen molar-refractivity contribution in [1.82, 2.24) is 5.32 Å². The monoisotopic (exact) mass is 473 g/mol. The van der Waals surface area contributed by atoms with E-state index >= 15 is 0 Å². The highest BCUT2D eigenvalue weighted by atomic mass is 16.7. The van der Waals surface area contributed by atoms with Gasteiger partial charge in [-0.1, -0.05) is 123 Å². The second kappa shape index (κ2) is 31.4. The highest BCUT2D eigenvalue weighted by molar-refractivity contribution is 5.66. The molecule has 0 aromatic carbocycles. The minimum atomic E-state index is -0.670. The lowest BCUT2D eigenvalue weighted by atomic mass is 10.0. The number of hydrogen-bond donors (Lipinski definition) is 2. The van der Waals surface area contributed by atoms with E-state index in [1.807, 2.05) is 0 Å². The van der Waals surface area contributed by atoms with Gasteiger partial charge in [-0.15, -0.1) is 0 Å². The van der Waals surface area contributed by atoms with Crippen LogP contribution in [0.4, 0.5) is 0 Å². The molecule has 0 radical (unpaired) electrons. The molecule has 2 N–H and O–H groups in total. The maximum absolute atomic E-state index is 10.0. The van der Waals surface area contributed by atoms with E-state index in [2.05, 4.69) is 19.2 Å². The Labute approximate surface area is 206 Å². The molecule has 0 saturated carbocycles. The van der Waals surface area contributed by atoms with Gasteiger partial charge in [0.15, 0.2) is 6.29 Å². The SMILES string of the molecule is CCCCCCCC(=O)O.CCCCCCCCCCCCCCCCNCC(OC)OC. The number of carboxylic acid groups (broad SMARTS) is 1. The second-order valence-electron chi connectivity index (χ2n) is 9.26. The molecule has 0 unspecified atom stereocenters. The summed E-state index contributed by atoms with van der Waals surface area (Å²) >= 11 is 0. The molecule has 5 heteroatoms. The normalized spacial score (nSPS) is 10.9. The first kappa shape index (κ1) is 34.5. The second-order valence-corrected chi connectivity index (χ2v) is 9.26. The van der Waals surface area contributed by atoms with Gasteiger partial charge >= 0.3 is 5.97 Å². The van der Waals surface area contributed by atoms with E-state index in [0.717, 1.165) is 25.9 Å². The molecule has 0 atom stereocenters. The lowest BCUT2D eigenvalue weighted by Gasteiger charge is -2.13. The molecule has 200 valence electrons. The number of methoxy groups -OCH3 is 2. The van der Waals surface area contributed by atoms with Gasteiger partial charge in [0.05, 0.1) is 0 Å². The van der Waals surface area contributed by atoms with E-state index in [-0.39, 0.29) is 6.29 Å². The summed E-state index contributed by atoms with van der Waals surface area (Å²) in [4.78, 5) is 10.0. The fraction of sp³-hybridized carbons (Fsp3) is 0.964. The number of carboxylic acids is 1. The summed E-state index contributed by atoms with van der Waals surface area (Å²) < 4.78 is 10.3. The van der Waals surface area contributed by atoms with E-state index < -0.39 is 5.97 Å². The zero-order valence-electron chi connectivity index (χ0n) is 22.8. The van der Waals surface area contributed by atoms with Crippen LogP contribution in [-0.4, -0.2) is 44.7 Å². The molecule has 0 aliphatic carbocycles. The Kier molecular flexibility index (Phi) is 32.8. The zero-order valence-corrected chi connectivity index (χ0v) is 22.8. The van der Waals surface area contributed by atoms with Gasteiger partial charge in [0.25, 0.3) is 0 Å². The Morgan fingerprint density at radius 2 is 1.00 bits per heavy atom. The van der Waals surface area contributed by atoms with Crippen LogP contribution in [0.15, 0.2) is 0 Å². The third kappa shape index (κ3) is 33.6. The minimum Gasteiger partial charge on any atom is -0.481 e. The van der Waals surface area contributed by atoms with Crippen molar-refractivity contribution in [3.8, 4) is 0 Å². The molecule has 0 aromatic rings. The van der Waals surface area contributed by atoms with Crippen molar-refractivity contribution in [3.63, 3.8) is 0 Å². The van der Waals surface area contributed by atoms with Crippen LogP contribution in [0, 0.1) is 0 Å². The Morgan fingerprint density at radius 3 is 1.36 bits per heavy atom. The standard InChI is InChI=1S/C20H43NO2.C8H16O2/c1-4-5-6-7-8-9-10-11-12-13-14-15-16-17-18-21-19-20(22-2)23-3;1-2-3-4-5-6-7-8(9)10/h20-21H,4-19H2,1-3H3;2-7H2,1H3,(H,9,10). The molecule has 0 fully saturated rings. The lowest BCUT2D eigenvalue weighted by molar-refractivity contribution is -0.137. The molecule has 0 rings (SSSR count). The van der Waals surface area contributed by atoms with Crippen LogP contribution < -0.4 is 5.32 Å². The van der Waals surface area contributed by atoms with Crippen LogP contribution in [-0.2, 0) is 14.3 Å². The zero-order chi connectivity index (χ0) is 24.8. The first-order valence-corrected chi connectivity index (χ1v) is 14.1. The number of unbranched alkanes of at least 4 members (excludes halogenated alkanes) is 17. The Bertz CT molecular complexity index is 362. The van der Waals surface area contributed by atoms with E-state index in [4.69, 9.17) is 14.6 Å². The van der Waals surface area contributed by atoms with Crippen LogP contribution in [0.3, 0.4) is 0 Å². The maximum atomic E-state index is 10.0. The van der Waals surface area contributed by atoms with Gasteiger partial charge in [0, 0.05) is 27.2 Å². The van der Waals surface area contributed by atoms with Crippen LogP contribution >= 0.6 is 0 Å². The van der Waals surface area contributed by atoms with E-state index in [0.29, 0.717) is 6.42 Å². The van der Waals surface area contributed by atoms with Gasteiger partial charge in [-0.3, -0.25) is 4.79 Å². The summed E-state index contributed by atoms with van der Waals surface area (Å²) in [6, 6.07) is 0. The van der Waals surface area contributed by atoms with Crippen molar-refractivity contribution in [2.24, 2.45) is 0 Å². The molecular weight excluding hydrogens is 414 g/mol. The van der Waals surface area contributed by atoms with Crippen molar-refractivity contribution in [3.05, 3.63) is 0 Å². The molecule has 0 aliphatic heterocycles. The largest absolute Gasteiger partial charge is 0.481 e. The van der Waals surface area contributed by atoms with E-state index in [1.165, 1.54) is 109 Å². The predicted octanol–water partition coefficient (Wildman–Crippen LogP) is 8.11. The number of rotatable bonds is 25. The molecule has 5 nitrogen and oxygen atoms in total. The van der Waals surface area contributed by atoms with E-state index in [1.54, 1.807) is 14.2 Å². The molecule has 33 heavy (non-hydrogen) atoms. The highest BCUT2D eigenvalue weighted by Crippen LogP contribution is 2.12. The van der Waals surface area contributed by atoms with Gasteiger partial charge in [-0.2, -0.15) is 0 Å². The number of ether oxygens (including phenoxy) is 2. The van der Waals surface area contributed by atoms with Gasteiger partial charge in [0.1, 0.15) is 0 Å². The summed E-state index contributed by atoms with van der Waals surface area (Å²) in [5, 5.41) is 11.7. The lowest BCUT2D eigenvalue weighted by Crippen LogP contribution is -2.30. The van der Waals surface area contributed by atoms with Crippen LogP contribution in [0.25, 0.3) is 0 Å². The Morgan fingerprint density at radius 1 is 0.636 bits per heavy atom. The first-order valence-electron chi connectivity index (χ1n) is 14.1. The summed E-state index contributed by atoms with van der Waals surface area (Å²) in [5.41, 5.74) is 0. The molecule has 0 aromatic heterocycles.